The number of anilines is 1. The smallest absolute Gasteiger partial charge is 0.255 e. The molecule has 1 aromatic carbocycles. The molecule has 0 aliphatic carbocycles. The molecule has 0 radical (unpaired) electrons. The zero-order valence-electron chi connectivity index (χ0n) is 12.0. The summed E-state index contributed by atoms with van der Waals surface area (Å²) in [6.45, 7) is 4.92. The van der Waals surface area contributed by atoms with Gasteiger partial charge >= 0.3 is 0 Å². The van der Waals surface area contributed by atoms with Gasteiger partial charge in [0.2, 0.25) is 0 Å². The number of primary amides is 1. The van der Waals surface area contributed by atoms with Gasteiger partial charge in [-0.25, -0.2) is 0 Å². The van der Waals surface area contributed by atoms with Gasteiger partial charge < -0.3 is 15.8 Å². The molecule has 0 aliphatic heterocycles. The number of ether oxygens (including phenoxy) is 1. The fraction of sp³-hybridized carbons (Fsp3) is 0.467. The van der Waals surface area contributed by atoms with Crippen LogP contribution in [0.5, 0.6) is 5.75 Å². The van der Waals surface area contributed by atoms with Gasteiger partial charge in [-0.15, -0.1) is 0 Å². The van der Waals surface area contributed by atoms with Crippen LogP contribution in [0.25, 0.3) is 0 Å². The first-order chi connectivity index (χ1) is 9.43. The Morgan fingerprint density at radius 2 is 2.05 bits per heavy atom. The summed E-state index contributed by atoms with van der Waals surface area (Å²) in [7, 11) is 0. The summed E-state index contributed by atoms with van der Waals surface area (Å²) >= 11 is 0. The molecule has 0 saturated heterocycles. The van der Waals surface area contributed by atoms with Gasteiger partial charge in [0.15, 0.2) is 6.61 Å². The van der Waals surface area contributed by atoms with Crippen LogP contribution in [0.2, 0.25) is 0 Å². The second-order valence-corrected chi connectivity index (χ2v) is 5.46. The number of hydrogen-bond acceptors (Lipinski definition) is 4. The quantitative estimate of drug-likeness (QED) is 0.762. The van der Waals surface area contributed by atoms with Crippen molar-refractivity contribution in [1.29, 1.82) is 5.26 Å². The van der Waals surface area contributed by atoms with Crippen LogP contribution < -0.4 is 15.8 Å². The number of amides is 1. The number of nitrogens with zero attached hydrogens (tertiary/aromatic N) is 1. The molecule has 3 N–H and O–H groups in total. The molecule has 0 bridgehead atoms. The molecule has 0 fully saturated rings. The molecule has 108 valence electrons. The number of nitriles is 1. The Bertz CT molecular complexity index is 475. The first kappa shape index (κ1) is 15.8. The highest BCUT2D eigenvalue weighted by Crippen LogP contribution is 2.23. The minimum Gasteiger partial charge on any atom is -0.484 e. The third-order valence-corrected chi connectivity index (χ3v) is 2.92. The van der Waals surface area contributed by atoms with Crippen LogP contribution in [0, 0.1) is 16.7 Å². The van der Waals surface area contributed by atoms with Gasteiger partial charge in [0, 0.05) is 18.7 Å². The lowest BCUT2D eigenvalue weighted by atomic mass is 9.88. The van der Waals surface area contributed by atoms with Crippen molar-refractivity contribution in [2.75, 3.05) is 18.5 Å². The molecule has 0 spiro atoms. The van der Waals surface area contributed by atoms with Crippen LogP contribution in [0.1, 0.15) is 26.7 Å². The SMILES string of the molecule is CC(C)(CCC#N)CNc1ccc(OCC(N)=O)cc1. The highest BCUT2D eigenvalue weighted by Gasteiger charge is 2.16. The molecule has 1 aromatic rings. The lowest BCUT2D eigenvalue weighted by Gasteiger charge is -2.24. The number of benzene rings is 1. The third kappa shape index (κ3) is 6.10. The standard InChI is InChI=1S/C15H21N3O2/c1-15(2,8-3-9-16)11-18-12-4-6-13(7-5-12)20-10-14(17)19/h4-7,18H,3,8,10-11H2,1-2H3,(H2,17,19). The van der Waals surface area contributed by atoms with Gasteiger partial charge in [0.25, 0.3) is 5.91 Å². The van der Waals surface area contributed by atoms with Crippen molar-refractivity contribution in [3.63, 3.8) is 0 Å². The zero-order valence-corrected chi connectivity index (χ0v) is 12.0. The Morgan fingerprint density at radius 3 is 2.60 bits per heavy atom. The highest BCUT2D eigenvalue weighted by molar-refractivity contribution is 5.75. The van der Waals surface area contributed by atoms with Crippen molar-refractivity contribution >= 4 is 11.6 Å². The zero-order chi connectivity index (χ0) is 15.0. The Hall–Kier alpha value is -2.22. The molecule has 0 atom stereocenters. The number of hydrogen-bond donors (Lipinski definition) is 2. The van der Waals surface area contributed by atoms with Crippen LogP contribution in [-0.4, -0.2) is 19.1 Å². The Labute approximate surface area is 119 Å². The molecule has 1 amide bonds. The van der Waals surface area contributed by atoms with Crippen molar-refractivity contribution in [1.82, 2.24) is 0 Å². The fourth-order valence-corrected chi connectivity index (χ4v) is 1.65. The molecular formula is C15H21N3O2. The monoisotopic (exact) mass is 275 g/mol. The molecular weight excluding hydrogens is 254 g/mol. The van der Waals surface area contributed by atoms with E-state index >= 15 is 0 Å². The second-order valence-electron chi connectivity index (χ2n) is 5.46. The van der Waals surface area contributed by atoms with Gasteiger partial charge in [-0.3, -0.25) is 4.79 Å². The normalized spacial score (nSPS) is 10.7. The summed E-state index contributed by atoms with van der Waals surface area (Å²) in [6, 6.07) is 9.51. The fourth-order valence-electron chi connectivity index (χ4n) is 1.65. The summed E-state index contributed by atoms with van der Waals surface area (Å²) in [5.41, 5.74) is 6.05. The van der Waals surface area contributed by atoms with Crippen molar-refractivity contribution in [2.24, 2.45) is 11.1 Å². The maximum atomic E-state index is 10.6. The summed E-state index contributed by atoms with van der Waals surface area (Å²) in [6.07, 6.45) is 1.42. The van der Waals surface area contributed by atoms with Crippen LogP contribution in [-0.2, 0) is 4.79 Å². The molecule has 1 rings (SSSR count). The van der Waals surface area contributed by atoms with Crippen molar-refractivity contribution in [2.45, 2.75) is 26.7 Å². The van der Waals surface area contributed by atoms with E-state index in [0.29, 0.717) is 12.2 Å². The first-order valence-corrected chi connectivity index (χ1v) is 6.55. The molecule has 20 heavy (non-hydrogen) atoms. The highest BCUT2D eigenvalue weighted by atomic mass is 16.5. The van der Waals surface area contributed by atoms with Crippen LogP contribution in [0.15, 0.2) is 24.3 Å². The van der Waals surface area contributed by atoms with Gasteiger partial charge in [-0.1, -0.05) is 13.8 Å². The topological polar surface area (TPSA) is 88.1 Å². The van der Waals surface area contributed by atoms with E-state index in [-0.39, 0.29) is 12.0 Å². The van der Waals surface area contributed by atoms with E-state index in [1.165, 1.54) is 0 Å². The Kier molecular flexibility index (Phi) is 5.85. The molecule has 0 heterocycles. The van der Waals surface area contributed by atoms with E-state index in [9.17, 15) is 4.79 Å². The average Bonchev–Trinajstić information content (AvgIpc) is 2.42. The molecule has 0 aliphatic rings. The second kappa shape index (κ2) is 7.39. The molecule has 5 nitrogen and oxygen atoms in total. The van der Waals surface area contributed by atoms with E-state index in [1.807, 2.05) is 12.1 Å². The van der Waals surface area contributed by atoms with E-state index < -0.39 is 5.91 Å². The number of carbonyl (C=O) groups is 1. The number of rotatable bonds is 8. The summed E-state index contributed by atoms with van der Waals surface area (Å²) in [5.74, 6) is 0.115. The molecule has 0 aromatic heterocycles. The molecule has 0 saturated carbocycles. The first-order valence-electron chi connectivity index (χ1n) is 6.55. The minimum atomic E-state index is -0.494. The predicted molar refractivity (Wildman–Crippen MR) is 78.2 cm³/mol. The number of carbonyl (C=O) groups excluding carboxylic acids is 1. The Balaban J connectivity index is 2.45. The van der Waals surface area contributed by atoms with E-state index in [2.05, 4.69) is 25.2 Å². The van der Waals surface area contributed by atoms with E-state index in [0.717, 1.165) is 18.7 Å². The summed E-state index contributed by atoms with van der Waals surface area (Å²) < 4.78 is 5.18. The van der Waals surface area contributed by atoms with Crippen LogP contribution >= 0.6 is 0 Å². The maximum Gasteiger partial charge on any atom is 0.255 e. The largest absolute Gasteiger partial charge is 0.484 e. The Morgan fingerprint density at radius 1 is 1.40 bits per heavy atom. The van der Waals surface area contributed by atoms with Crippen molar-refractivity contribution in [3.8, 4) is 11.8 Å². The van der Waals surface area contributed by atoms with Gasteiger partial charge in [-0.2, -0.15) is 5.26 Å². The van der Waals surface area contributed by atoms with E-state index in [4.69, 9.17) is 15.7 Å². The maximum absolute atomic E-state index is 10.6. The third-order valence-electron chi connectivity index (χ3n) is 2.92. The average molecular weight is 275 g/mol. The number of nitrogens with two attached hydrogens (primary N) is 1. The van der Waals surface area contributed by atoms with Gasteiger partial charge in [0.05, 0.1) is 6.07 Å². The molecule has 0 unspecified atom stereocenters. The molecule has 5 heteroatoms. The van der Waals surface area contributed by atoms with Crippen molar-refractivity contribution in [3.05, 3.63) is 24.3 Å². The van der Waals surface area contributed by atoms with Gasteiger partial charge in [-0.05, 0) is 36.1 Å². The predicted octanol–water partition coefficient (Wildman–Crippen LogP) is 2.29. The van der Waals surface area contributed by atoms with Crippen LogP contribution in [0.4, 0.5) is 5.69 Å². The lowest BCUT2D eigenvalue weighted by Crippen LogP contribution is -2.22. The minimum absolute atomic E-state index is 0.0663. The van der Waals surface area contributed by atoms with Crippen molar-refractivity contribution < 1.29 is 9.53 Å². The van der Waals surface area contributed by atoms with Gasteiger partial charge in [0.1, 0.15) is 5.75 Å². The lowest BCUT2D eigenvalue weighted by molar-refractivity contribution is -0.119. The van der Waals surface area contributed by atoms with E-state index in [1.54, 1.807) is 12.1 Å². The number of nitrogens with one attached hydrogen (secondary N) is 1. The van der Waals surface area contributed by atoms with Crippen LogP contribution in [0.3, 0.4) is 0 Å². The summed E-state index contributed by atoms with van der Waals surface area (Å²) in [4.78, 5) is 10.6. The summed E-state index contributed by atoms with van der Waals surface area (Å²) in [5, 5.41) is 11.9.